The summed E-state index contributed by atoms with van der Waals surface area (Å²) in [6.07, 6.45) is 2.64. The molecule has 2 aliphatic heterocycles. The Balaban J connectivity index is 2.02. The first-order valence-electron chi connectivity index (χ1n) is 8.64. The molecule has 2 aliphatic rings. The average Bonchev–Trinajstić information content (AvgIpc) is 2.98. The molecule has 1 N–H and O–H groups in total. The van der Waals surface area contributed by atoms with Gasteiger partial charge in [0.1, 0.15) is 6.04 Å². The molecule has 0 radical (unpaired) electrons. The van der Waals surface area contributed by atoms with Crippen molar-refractivity contribution < 1.29 is 14.4 Å². The summed E-state index contributed by atoms with van der Waals surface area (Å²) in [6, 6.07) is 4.86. The van der Waals surface area contributed by atoms with E-state index in [0.29, 0.717) is 37.2 Å². The van der Waals surface area contributed by atoms with Crippen molar-refractivity contribution in [3.63, 3.8) is 0 Å². The van der Waals surface area contributed by atoms with Crippen LogP contribution in [0.25, 0.3) is 0 Å². The van der Waals surface area contributed by atoms with Gasteiger partial charge < -0.3 is 10.2 Å². The minimum absolute atomic E-state index is 0.0195. The van der Waals surface area contributed by atoms with Gasteiger partial charge >= 0.3 is 0 Å². The van der Waals surface area contributed by atoms with Gasteiger partial charge in [-0.15, -0.1) is 0 Å². The normalized spacial score (nSPS) is 19.3. The van der Waals surface area contributed by atoms with Gasteiger partial charge in [0.25, 0.3) is 5.91 Å². The molecule has 1 fully saturated rings. The Kier molecular flexibility index (Phi) is 4.55. The maximum atomic E-state index is 12.8. The first kappa shape index (κ1) is 16.5. The van der Waals surface area contributed by atoms with Crippen LogP contribution < -0.4 is 15.1 Å². The van der Waals surface area contributed by atoms with Crippen LogP contribution in [0.1, 0.15) is 49.9 Å². The number of hydrogen-bond acceptors (Lipinski definition) is 3. The zero-order valence-corrected chi connectivity index (χ0v) is 14.2. The monoisotopic (exact) mass is 329 g/mol. The van der Waals surface area contributed by atoms with E-state index in [1.54, 1.807) is 28.0 Å². The standard InChI is InChI=1S/C18H23N3O3/c1-3-9-19-17(23)12-5-6-13-15(11-12)20(10-4-2)18(24)14-7-8-16(22)21(13)14/h5-6,11,14H,3-4,7-10H2,1-2H3,(H,19,23). The number of carbonyl (C=O) groups excluding carboxylic acids is 3. The molecule has 0 aromatic heterocycles. The fourth-order valence-corrected chi connectivity index (χ4v) is 3.40. The molecule has 0 saturated carbocycles. The molecular formula is C18H23N3O3. The van der Waals surface area contributed by atoms with Crippen molar-refractivity contribution in [3.8, 4) is 0 Å². The smallest absolute Gasteiger partial charge is 0.251 e. The fraction of sp³-hybridized carbons (Fsp3) is 0.500. The summed E-state index contributed by atoms with van der Waals surface area (Å²) in [5, 5.41) is 2.85. The molecule has 0 spiro atoms. The summed E-state index contributed by atoms with van der Waals surface area (Å²) in [5.41, 5.74) is 1.92. The highest BCUT2D eigenvalue weighted by Gasteiger charge is 2.44. The van der Waals surface area contributed by atoms with Crippen LogP contribution in [0.3, 0.4) is 0 Å². The first-order chi connectivity index (χ1) is 11.6. The Labute approximate surface area is 141 Å². The first-order valence-corrected chi connectivity index (χ1v) is 8.64. The van der Waals surface area contributed by atoms with Crippen molar-refractivity contribution in [2.24, 2.45) is 0 Å². The minimum atomic E-state index is -0.392. The van der Waals surface area contributed by atoms with E-state index >= 15 is 0 Å². The average molecular weight is 329 g/mol. The number of hydrogen-bond donors (Lipinski definition) is 1. The summed E-state index contributed by atoms with van der Waals surface area (Å²) in [6.45, 7) is 5.20. The number of anilines is 2. The maximum absolute atomic E-state index is 12.8. The van der Waals surface area contributed by atoms with Crippen LogP contribution in [0.4, 0.5) is 11.4 Å². The minimum Gasteiger partial charge on any atom is -0.352 e. The molecule has 0 bridgehead atoms. The van der Waals surface area contributed by atoms with Crippen molar-refractivity contribution in [3.05, 3.63) is 23.8 Å². The van der Waals surface area contributed by atoms with E-state index in [1.807, 2.05) is 13.8 Å². The van der Waals surface area contributed by atoms with Gasteiger partial charge in [-0.05, 0) is 37.5 Å². The van der Waals surface area contributed by atoms with Crippen LogP contribution in [-0.4, -0.2) is 36.9 Å². The number of nitrogens with zero attached hydrogens (tertiary/aromatic N) is 2. The number of benzene rings is 1. The van der Waals surface area contributed by atoms with E-state index < -0.39 is 6.04 Å². The molecule has 1 atom stereocenters. The highest BCUT2D eigenvalue weighted by molar-refractivity contribution is 6.15. The molecule has 2 heterocycles. The highest BCUT2D eigenvalue weighted by Crippen LogP contribution is 2.41. The molecule has 1 saturated heterocycles. The lowest BCUT2D eigenvalue weighted by Gasteiger charge is -2.38. The molecule has 6 nitrogen and oxygen atoms in total. The molecule has 128 valence electrons. The van der Waals surface area contributed by atoms with E-state index in [0.717, 1.165) is 18.5 Å². The Morgan fingerprint density at radius 2 is 2.00 bits per heavy atom. The predicted octanol–water partition coefficient (Wildman–Crippen LogP) is 2.08. The second kappa shape index (κ2) is 6.63. The third-order valence-electron chi connectivity index (χ3n) is 4.53. The van der Waals surface area contributed by atoms with Crippen LogP contribution in [0.5, 0.6) is 0 Å². The fourth-order valence-electron chi connectivity index (χ4n) is 3.40. The van der Waals surface area contributed by atoms with Crippen molar-refractivity contribution in [2.45, 2.75) is 45.6 Å². The quantitative estimate of drug-likeness (QED) is 0.899. The molecule has 6 heteroatoms. The Morgan fingerprint density at radius 1 is 1.21 bits per heavy atom. The summed E-state index contributed by atoms with van der Waals surface area (Å²) in [5.74, 6) is -0.214. The summed E-state index contributed by atoms with van der Waals surface area (Å²) in [7, 11) is 0. The van der Waals surface area contributed by atoms with Gasteiger partial charge in [-0.3, -0.25) is 19.3 Å². The topological polar surface area (TPSA) is 69.7 Å². The van der Waals surface area contributed by atoms with Crippen LogP contribution >= 0.6 is 0 Å². The van der Waals surface area contributed by atoms with E-state index in [9.17, 15) is 14.4 Å². The molecular weight excluding hydrogens is 306 g/mol. The van der Waals surface area contributed by atoms with Gasteiger partial charge in [-0.2, -0.15) is 0 Å². The number of rotatable bonds is 5. The lowest BCUT2D eigenvalue weighted by molar-refractivity contribution is -0.122. The lowest BCUT2D eigenvalue weighted by Crippen LogP contribution is -2.52. The number of fused-ring (bicyclic) bond motifs is 3. The second-order valence-corrected chi connectivity index (χ2v) is 6.27. The van der Waals surface area contributed by atoms with Crippen LogP contribution in [0.2, 0.25) is 0 Å². The predicted molar refractivity (Wildman–Crippen MR) is 92.2 cm³/mol. The van der Waals surface area contributed by atoms with Gasteiger partial charge in [-0.1, -0.05) is 13.8 Å². The van der Waals surface area contributed by atoms with Gasteiger partial charge in [0.2, 0.25) is 11.8 Å². The Morgan fingerprint density at radius 3 is 2.71 bits per heavy atom. The molecule has 1 unspecified atom stereocenters. The Hall–Kier alpha value is -2.37. The van der Waals surface area contributed by atoms with E-state index in [2.05, 4.69) is 5.32 Å². The zero-order valence-electron chi connectivity index (χ0n) is 14.2. The van der Waals surface area contributed by atoms with E-state index in [4.69, 9.17) is 0 Å². The summed E-state index contributed by atoms with van der Waals surface area (Å²) < 4.78 is 0. The third-order valence-corrected chi connectivity index (χ3v) is 4.53. The number of carbonyl (C=O) groups is 3. The molecule has 0 aliphatic carbocycles. The van der Waals surface area contributed by atoms with Gasteiger partial charge in [0.05, 0.1) is 11.4 Å². The lowest BCUT2D eigenvalue weighted by atomic mass is 10.0. The zero-order chi connectivity index (χ0) is 17.3. The van der Waals surface area contributed by atoms with Crippen LogP contribution in [0.15, 0.2) is 18.2 Å². The van der Waals surface area contributed by atoms with Crippen molar-refractivity contribution in [1.82, 2.24) is 5.32 Å². The van der Waals surface area contributed by atoms with Gasteiger partial charge in [0, 0.05) is 25.1 Å². The van der Waals surface area contributed by atoms with Gasteiger partial charge in [-0.25, -0.2) is 0 Å². The molecule has 1 aromatic rings. The van der Waals surface area contributed by atoms with Crippen molar-refractivity contribution in [2.75, 3.05) is 22.9 Å². The molecule has 1 aromatic carbocycles. The van der Waals surface area contributed by atoms with Crippen molar-refractivity contribution >= 4 is 29.1 Å². The van der Waals surface area contributed by atoms with Gasteiger partial charge in [0.15, 0.2) is 0 Å². The summed E-state index contributed by atoms with van der Waals surface area (Å²) in [4.78, 5) is 40.6. The van der Waals surface area contributed by atoms with E-state index in [-0.39, 0.29) is 17.7 Å². The van der Waals surface area contributed by atoms with Crippen LogP contribution in [-0.2, 0) is 9.59 Å². The molecule has 24 heavy (non-hydrogen) atoms. The number of amides is 3. The molecule has 3 amide bonds. The SMILES string of the molecule is CCCNC(=O)c1ccc2c(c1)N(CCC)C(=O)C1CCC(=O)N21. The van der Waals surface area contributed by atoms with Crippen LogP contribution in [0, 0.1) is 0 Å². The third kappa shape index (κ3) is 2.66. The summed E-state index contributed by atoms with van der Waals surface area (Å²) >= 11 is 0. The number of nitrogens with one attached hydrogen (secondary N) is 1. The van der Waals surface area contributed by atoms with E-state index in [1.165, 1.54) is 0 Å². The maximum Gasteiger partial charge on any atom is 0.251 e. The largest absolute Gasteiger partial charge is 0.352 e. The second-order valence-electron chi connectivity index (χ2n) is 6.27. The highest BCUT2D eigenvalue weighted by atomic mass is 16.2. The molecule has 3 rings (SSSR count). The Bertz CT molecular complexity index is 686. The van der Waals surface area contributed by atoms with Crippen molar-refractivity contribution in [1.29, 1.82) is 0 Å².